The highest BCUT2D eigenvalue weighted by atomic mass is 35.5. The van der Waals surface area contributed by atoms with E-state index in [-0.39, 0.29) is 0 Å². The van der Waals surface area contributed by atoms with Gasteiger partial charge in [-0.15, -0.1) is 0 Å². The number of allylic oxidation sites excluding steroid dienone is 1. The van der Waals surface area contributed by atoms with Crippen LogP contribution in [-0.2, 0) is 0 Å². The number of aromatic nitrogens is 2. The Morgan fingerprint density at radius 2 is 2.14 bits per heavy atom. The molecular formula is C11H15ClN2. The zero-order valence-electron chi connectivity index (χ0n) is 8.79. The van der Waals surface area contributed by atoms with E-state index in [1.54, 1.807) is 6.20 Å². The van der Waals surface area contributed by atoms with Crippen molar-refractivity contribution in [1.29, 1.82) is 0 Å². The Balaban J connectivity index is 2.61. The van der Waals surface area contributed by atoms with Crippen LogP contribution >= 0.6 is 11.6 Å². The number of hydrogen-bond donors (Lipinski definition) is 0. The standard InChI is InChI=1S/C11H15ClN2/c1-11(2,3)7-4-5-9-6-8-13-10(12)14-9/h4-6,8H,7H2,1-3H3. The molecule has 1 heterocycles. The van der Waals surface area contributed by atoms with E-state index in [4.69, 9.17) is 11.6 Å². The lowest BCUT2D eigenvalue weighted by molar-refractivity contribution is 0.421. The molecule has 0 aliphatic rings. The van der Waals surface area contributed by atoms with Gasteiger partial charge in [0.25, 0.3) is 0 Å². The van der Waals surface area contributed by atoms with Gasteiger partial charge in [-0.2, -0.15) is 0 Å². The van der Waals surface area contributed by atoms with Crippen molar-refractivity contribution < 1.29 is 0 Å². The van der Waals surface area contributed by atoms with Gasteiger partial charge in [0, 0.05) is 6.20 Å². The molecule has 1 aromatic rings. The van der Waals surface area contributed by atoms with Crippen molar-refractivity contribution in [2.75, 3.05) is 0 Å². The van der Waals surface area contributed by atoms with Gasteiger partial charge < -0.3 is 0 Å². The summed E-state index contributed by atoms with van der Waals surface area (Å²) in [5.74, 6) is 0. The van der Waals surface area contributed by atoms with Gasteiger partial charge in [-0.25, -0.2) is 9.97 Å². The predicted molar refractivity (Wildman–Crippen MR) is 60.1 cm³/mol. The van der Waals surface area contributed by atoms with Crippen LogP contribution in [0.4, 0.5) is 0 Å². The van der Waals surface area contributed by atoms with Crippen LogP contribution in [-0.4, -0.2) is 9.97 Å². The van der Waals surface area contributed by atoms with Gasteiger partial charge in [0.15, 0.2) is 0 Å². The highest BCUT2D eigenvalue weighted by Gasteiger charge is 2.06. The molecule has 0 N–H and O–H groups in total. The summed E-state index contributed by atoms with van der Waals surface area (Å²) in [7, 11) is 0. The lowest BCUT2D eigenvalue weighted by Crippen LogP contribution is -2.01. The van der Waals surface area contributed by atoms with E-state index in [1.165, 1.54) is 0 Å². The Bertz CT molecular complexity index is 326. The maximum Gasteiger partial charge on any atom is 0.222 e. The Kier molecular flexibility index (Phi) is 3.64. The van der Waals surface area contributed by atoms with Crippen LogP contribution in [0.15, 0.2) is 18.3 Å². The molecule has 0 aliphatic heterocycles. The largest absolute Gasteiger partial charge is 0.226 e. The Morgan fingerprint density at radius 1 is 1.43 bits per heavy atom. The minimum Gasteiger partial charge on any atom is -0.226 e. The number of nitrogens with zero attached hydrogens (tertiary/aromatic N) is 2. The highest BCUT2D eigenvalue weighted by molar-refractivity contribution is 6.28. The SMILES string of the molecule is CC(C)(C)CC=Cc1ccnc(Cl)n1. The number of halogens is 1. The zero-order chi connectivity index (χ0) is 10.6. The van der Waals surface area contributed by atoms with E-state index in [2.05, 4.69) is 36.8 Å². The van der Waals surface area contributed by atoms with Crippen molar-refractivity contribution in [2.24, 2.45) is 5.41 Å². The summed E-state index contributed by atoms with van der Waals surface area (Å²) in [4.78, 5) is 7.88. The van der Waals surface area contributed by atoms with Crippen LogP contribution in [0.25, 0.3) is 6.08 Å². The molecule has 0 spiro atoms. The molecule has 2 nitrogen and oxygen atoms in total. The zero-order valence-corrected chi connectivity index (χ0v) is 9.54. The second-order valence-corrected chi connectivity index (χ2v) is 4.76. The van der Waals surface area contributed by atoms with Crippen molar-refractivity contribution in [2.45, 2.75) is 27.2 Å². The molecule has 1 aromatic heterocycles. The third kappa shape index (κ3) is 4.38. The third-order valence-electron chi connectivity index (χ3n) is 1.67. The smallest absolute Gasteiger partial charge is 0.222 e. The molecular weight excluding hydrogens is 196 g/mol. The first kappa shape index (κ1) is 11.2. The van der Waals surface area contributed by atoms with E-state index >= 15 is 0 Å². The van der Waals surface area contributed by atoms with Gasteiger partial charge in [-0.1, -0.05) is 26.8 Å². The molecule has 0 saturated heterocycles. The molecule has 1 rings (SSSR count). The van der Waals surface area contributed by atoms with Crippen molar-refractivity contribution in [3.8, 4) is 0 Å². The Morgan fingerprint density at radius 3 is 2.71 bits per heavy atom. The summed E-state index contributed by atoms with van der Waals surface area (Å²) in [6.45, 7) is 6.60. The first-order valence-electron chi connectivity index (χ1n) is 4.62. The fourth-order valence-corrected chi connectivity index (χ4v) is 1.13. The lowest BCUT2D eigenvalue weighted by Gasteiger charge is -2.14. The number of rotatable bonds is 2. The minimum atomic E-state index is 0.294. The quantitative estimate of drug-likeness (QED) is 0.698. The molecule has 0 amide bonds. The van der Waals surface area contributed by atoms with Crippen LogP contribution in [0.3, 0.4) is 0 Å². The Labute approximate surface area is 90.0 Å². The molecule has 0 radical (unpaired) electrons. The summed E-state index contributed by atoms with van der Waals surface area (Å²) < 4.78 is 0. The van der Waals surface area contributed by atoms with E-state index in [0.717, 1.165) is 12.1 Å². The summed E-state index contributed by atoms with van der Waals surface area (Å²) in [5, 5.41) is 0.294. The normalized spacial score (nSPS) is 12.3. The lowest BCUT2D eigenvalue weighted by atomic mass is 9.92. The average Bonchev–Trinajstić information content (AvgIpc) is 2.01. The highest BCUT2D eigenvalue weighted by Crippen LogP contribution is 2.19. The molecule has 0 unspecified atom stereocenters. The van der Waals surface area contributed by atoms with Crippen LogP contribution < -0.4 is 0 Å². The molecule has 14 heavy (non-hydrogen) atoms. The third-order valence-corrected chi connectivity index (χ3v) is 1.85. The predicted octanol–water partition coefficient (Wildman–Crippen LogP) is 3.58. The van der Waals surface area contributed by atoms with Crippen LogP contribution in [0.5, 0.6) is 0 Å². The molecule has 76 valence electrons. The molecule has 3 heteroatoms. The van der Waals surface area contributed by atoms with Gasteiger partial charge in [0.1, 0.15) is 0 Å². The van der Waals surface area contributed by atoms with Gasteiger partial charge in [-0.05, 0) is 35.6 Å². The van der Waals surface area contributed by atoms with Crippen molar-refractivity contribution in [1.82, 2.24) is 9.97 Å². The topological polar surface area (TPSA) is 25.8 Å². The van der Waals surface area contributed by atoms with Gasteiger partial charge >= 0.3 is 0 Å². The molecule has 0 saturated carbocycles. The minimum absolute atomic E-state index is 0.294. The van der Waals surface area contributed by atoms with Crippen molar-refractivity contribution in [3.63, 3.8) is 0 Å². The average molecular weight is 211 g/mol. The molecule has 0 aromatic carbocycles. The maximum absolute atomic E-state index is 5.66. The second kappa shape index (κ2) is 4.56. The summed E-state index contributed by atoms with van der Waals surface area (Å²) in [6.07, 6.45) is 6.76. The van der Waals surface area contributed by atoms with Gasteiger partial charge in [0.2, 0.25) is 5.28 Å². The molecule has 0 bridgehead atoms. The maximum atomic E-state index is 5.66. The van der Waals surface area contributed by atoms with Crippen LogP contribution in [0, 0.1) is 5.41 Å². The summed E-state index contributed by atoms with van der Waals surface area (Å²) in [5.41, 5.74) is 1.17. The van der Waals surface area contributed by atoms with Gasteiger partial charge in [0.05, 0.1) is 5.69 Å². The summed E-state index contributed by atoms with van der Waals surface area (Å²) in [6, 6.07) is 1.84. The van der Waals surface area contributed by atoms with Crippen LogP contribution in [0.2, 0.25) is 5.28 Å². The molecule has 0 atom stereocenters. The molecule has 0 aliphatic carbocycles. The van der Waals surface area contributed by atoms with Crippen molar-refractivity contribution in [3.05, 3.63) is 29.3 Å². The van der Waals surface area contributed by atoms with E-state index in [0.29, 0.717) is 10.7 Å². The van der Waals surface area contributed by atoms with E-state index in [1.807, 2.05) is 12.1 Å². The van der Waals surface area contributed by atoms with Crippen molar-refractivity contribution >= 4 is 17.7 Å². The van der Waals surface area contributed by atoms with Crippen LogP contribution in [0.1, 0.15) is 32.9 Å². The molecule has 0 fully saturated rings. The second-order valence-electron chi connectivity index (χ2n) is 4.42. The Hall–Kier alpha value is -0.890. The monoisotopic (exact) mass is 210 g/mol. The fourth-order valence-electron chi connectivity index (χ4n) is 0.974. The van der Waals surface area contributed by atoms with Gasteiger partial charge in [-0.3, -0.25) is 0 Å². The van der Waals surface area contributed by atoms with E-state index in [9.17, 15) is 0 Å². The van der Waals surface area contributed by atoms with E-state index < -0.39 is 0 Å². The fraction of sp³-hybridized carbons (Fsp3) is 0.455. The first-order valence-corrected chi connectivity index (χ1v) is 5.00. The first-order chi connectivity index (χ1) is 6.47. The number of hydrogen-bond acceptors (Lipinski definition) is 2. The summed E-state index contributed by atoms with van der Waals surface area (Å²) >= 11 is 5.66.